The first-order valence-corrected chi connectivity index (χ1v) is 12.1. The fourth-order valence-electron chi connectivity index (χ4n) is 5.08. The Kier molecular flexibility index (Phi) is 5.70. The van der Waals surface area contributed by atoms with Crippen LogP contribution in [0.15, 0.2) is 16.7 Å². The van der Waals surface area contributed by atoms with Gasteiger partial charge >= 0.3 is 0 Å². The van der Waals surface area contributed by atoms with E-state index in [2.05, 4.69) is 36.3 Å². The van der Waals surface area contributed by atoms with Gasteiger partial charge < -0.3 is 10.2 Å². The van der Waals surface area contributed by atoms with Crippen LogP contribution in [0.3, 0.4) is 0 Å². The van der Waals surface area contributed by atoms with Crippen molar-refractivity contribution in [2.45, 2.75) is 46.7 Å². The fraction of sp³-hybridized carbons (Fsp3) is 0.417. The molecule has 3 atom stereocenters. The minimum atomic E-state index is -0.645. The van der Waals surface area contributed by atoms with E-state index in [0.717, 1.165) is 12.1 Å². The van der Waals surface area contributed by atoms with Gasteiger partial charge in [-0.15, -0.1) is 0 Å². The molecule has 0 spiro atoms. The molecule has 2 fully saturated rings. The third-order valence-electron chi connectivity index (χ3n) is 6.75. The molecule has 3 aromatic rings. The topological polar surface area (TPSA) is 110 Å². The number of Topliss-reactive ketones (excluding diaryl/α,β-unsaturated/α-hetero) is 1. The van der Waals surface area contributed by atoms with E-state index in [4.69, 9.17) is 0 Å². The summed E-state index contributed by atoms with van der Waals surface area (Å²) < 4.78 is 15.3. The van der Waals surface area contributed by atoms with Crippen LogP contribution in [0.5, 0.6) is 0 Å². The van der Waals surface area contributed by atoms with E-state index in [9.17, 15) is 18.8 Å². The SMILES string of the molecule is CC(=O)c1nn(CC(=O)N2C[C@H]3C[C@H]3[C@H]2C(=O)Nc2nc(Br)c(F)cc2C)c2c(C)nc(C)cc12. The number of nitrogens with one attached hydrogen (secondary N) is 1. The van der Waals surface area contributed by atoms with Crippen LogP contribution in [-0.4, -0.2) is 54.8 Å². The van der Waals surface area contributed by atoms with Crippen LogP contribution in [0.4, 0.5) is 10.2 Å². The Labute approximate surface area is 209 Å². The summed E-state index contributed by atoms with van der Waals surface area (Å²) in [6.45, 7) is 7.13. The molecule has 0 aromatic carbocycles. The molecular weight excluding hydrogens is 519 g/mol. The number of carbonyl (C=O) groups is 3. The van der Waals surface area contributed by atoms with Crippen LogP contribution in [0.1, 0.15) is 40.8 Å². The summed E-state index contributed by atoms with van der Waals surface area (Å²) in [5.41, 5.74) is 2.85. The van der Waals surface area contributed by atoms with Crippen molar-refractivity contribution in [3.8, 4) is 0 Å². The van der Waals surface area contributed by atoms with Gasteiger partial charge in [0, 0.05) is 24.5 Å². The van der Waals surface area contributed by atoms with Gasteiger partial charge in [0.25, 0.3) is 0 Å². The lowest BCUT2D eigenvalue weighted by atomic mass is 10.1. The highest BCUT2D eigenvalue weighted by Crippen LogP contribution is 2.50. The number of halogens is 2. The van der Waals surface area contributed by atoms with Crippen LogP contribution in [-0.2, 0) is 16.1 Å². The number of aromatic nitrogens is 4. The Morgan fingerprint density at radius 3 is 2.66 bits per heavy atom. The lowest BCUT2D eigenvalue weighted by Crippen LogP contribution is -2.47. The molecule has 1 saturated heterocycles. The van der Waals surface area contributed by atoms with Crippen molar-refractivity contribution in [2.75, 3.05) is 11.9 Å². The molecule has 0 bridgehead atoms. The quantitative estimate of drug-likeness (QED) is 0.391. The molecule has 182 valence electrons. The normalized spacial score (nSPS) is 20.7. The van der Waals surface area contributed by atoms with Gasteiger partial charge in [-0.3, -0.25) is 24.0 Å². The molecule has 3 aromatic heterocycles. The highest BCUT2D eigenvalue weighted by atomic mass is 79.9. The first kappa shape index (κ1) is 23.5. The molecule has 5 rings (SSSR count). The molecule has 9 nitrogen and oxygen atoms in total. The molecule has 2 amide bonds. The number of aryl methyl sites for hydroxylation is 3. The van der Waals surface area contributed by atoms with Gasteiger partial charge in [0.05, 0.1) is 11.2 Å². The maximum atomic E-state index is 13.7. The van der Waals surface area contributed by atoms with Crippen molar-refractivity contribution in [1.82, 2.24) is 24.6 Å². The van der Waals surface area contributed by atoms with Crippen molar-refractivity contribution in [1.29, 1.82) is 0 Å². The average molecular weight is 543 g/mol. The van der Waals surface area contributed by atoms with Crippen molar-refractivity contribution in [3.63, 3.8) is 0 Å². The number of pyridine rings is 2. The smallest absolute Gasteiger partial charge is 0.248 e. The number of likely N-dealkylation sites (tertiary alicyclic amines) is 1. The zero-order valence-corrected chi connectivity index (χ0v) is 21.3. The number of hydrogen-bond acceptors (Lipinski definition) is 6. The molecule has 1 aliphatic carbocycles. The molecule has 11 heteroatoms. The molecule has 1 aliphatic heterocycles. The third-order valence-corrected chi connectivity index (χ3v) is 7.31. The van der Waals surface area contributed by atoms with Gasteiger partial charge in [0.1, 0.15) is 28.7 Å². The standard InChI is InChI=1S/C24H24BrFN6O3/c1-10-5-17(26)22(25)28-23(10)29-24(35)21-15-7-14(15)8-31(21)18(34)9-32-20-12(3)27-11(2)6-16(20)19(30-32)13(4)33/h5-6,14-15,21H,7-9H2,1-4H3,(H,28,29,35)/t14-,15-,21+/m1/s1. The van der Waals surface area contributed by atoms with E-state index in [1.54, 1.807) is 17.9 Å². The molecule has 1 saturated carbocycles. The van der Waals surface area contributed by atoms with E-state index in [0.29, 0.717) is 34.4 Å². The largest absolute Gasteiger partial charge is 0.328 e. The van der Waals surface area contributed by atoms with Crippen molar-refractivity contribution in [2.24, 2.45) is 11.8 Å². The van der Waals surface area contributed by atoms with Gasteiger partial charge in [0.2, 0.25) is 11.8 Å². The van der Waals surface area contributed by atoms with Crippen LogP contribution < -0.4 is 5.32 Å². The number of amides is 2. The highest BCUT2D eigenvalue weighted by Gasteiger charge is 2.56. The second-order valence-corrected chi connectivity index (χ2v) is 10.1. The van der Waals surface area contributed by atoms with Crippen molar-refractivity contribution < 1.29 is 18.8 Å². The zero-order chi connectivity index (χ0) is 25.2. The molecular formula is C24H24BrFN6O3. The number of ketones is 1. The highest BCUT2D eigenvalue weighted by molar-refractivity contribution is 9.10. The van der Waals surface area contributed by atoms with E-state index < -0.39 is 11.9 Å². The van der Waals surface area contributed by atoms with Gasteiger partial charge in [-0.25, -0.2) is 9.37 Å². The van der Waals surface area contributed by atoms with E-state index >= 15 is 0 Å². The molecule has 0 unspecified atom stereocenters. The number of fused-ring (bicyclic) bond motifs is 2. The Morgan fingerprint density at radius 2 is 1.94 bits per heavy atom. The number of hydrogen-bond donors (Lipinski definition) is 1. The summed E-state index contributed by atoms with van der Waals surface area (Å²) in [5, 5.41) is 7.86. The number of nitrogens with zero attached hydrogens (tertiary/aromatic N) is 5. The predicted octanol–water partition coefficient (Wildman–Crippen LogP) is 3.34. The van der Waals surface area contributed by atoms with Crippen LogP contribution in [0.25, 0.3) is 10.9 Å². The minimum Gasteiger partial charge on any atom is -0.328 e. The summed E-state index contributed by atoms with van der Waals surface area (Å²) in [6, 6.07) is 2.44. The van der Waals surface area contributed by atoms with Gasteiger partial charge in [-0.1, -0.05) is 0 Å². The molecule has 4 heterocycles. The monoisotopic (exact) mass is 542 g/mol. The second kappa shape index (κ2) is 8.47. The zero-order valence-electron chi connectivity index (χ0n) is 19.7. The summed E-state index contributed by atoms with van der Waals surface area (Å²) in [4.78, 5) is 49.0. The number of piperidine rings is 1. The second-order valence-electron chi connectivity index (χ2n) is 9.37. The minimum absolute atomic E-state index is 0.00750. The number of anilines is 1. The predicted molar refractivity (Wildman–Crippen MR) is 129 cm³/mol. The summed E-state index contributed by atoms with van der Waals surface area (Å²) in [7, 11) is 0. The van der Waals surface area contributed by atoms with Crippen molar-refractivity contribution >= 4 is 50.2 Å². The van der Waals surface area contributed by atoms with Crippen LogP contribution in [0, 0.1) is 38.4 Å². The first-order chi connectivity index (χ1) is 16.5. The van der Waals surface area contributed by atoms with E-state index in [1.807, 2.05) is 13.8 Å². The van der Waals surface area contributed by atoms with Gasteiger partial charge in [-0.05, 0) is 72.7 Å². The Bertz CT molecular complexity index is 1420. The van der Waals surface area contributed by atoms with Gasteiger partial charge in [0.15, 0.2) is 11.6 Å². The lowest BCUT2D eigenvalue weighted by molar-refractivity contribution is -0.138. The van der Waals surface area contributed by atoms with E-state index in [-0.39, 0.29) is 46.4 Å². The van der Waals surface area contributed by atoms with Crippen LogP contribution in [0.2, 0.25) is 0 Å². The van der Waals surface area contributed by atoms with Crippen molar-refractivity contribution in [3.05, 3.63) is 45.2 Å². The number of carbonyl (C=O) groups excluding carboxylic acids is 3. The van der Waals surface area contributed by atoms with Crippen LogP contribution >= 0.6 is 15.9 Å². The summed E-state index contributed by atoms with van der Waals surface area (Å²) in [5.74, 6) is -0.715. The third kappa shape index (κ3) is 4.11. The molecule has 2 aliphatic rings. The Morgan fingerprint density at radius 1 is 1.20 bits per heavy atom. The summed E-state index contributed by atoms with van der Waals surface area (Å²) >= 11 is 3.05. The first-order valence-electron chi connectivity index (χ1n) is 11.3. The maximum Gasteiger partial charge on any atom is 0.248 e. The maximum absolute atomic E-state index is 13.7. The number of rotatable bonds is 5. The Hall–Kier alpha value is -3.21. The fourth-order valence-corrected chi connectivity index (χ4v) is 5.37. The molecule has 35 heavy (non-hydrogen) atoms. The average Bonchev–Trinajstić information content (AvgIpc) is 3.27. The summed E-state index contributed by atoms with van der Waals surface area (Å²) in [6.07, 6.45) is 0.878. The van der Waals surface area contributed by atoms with Gasteiger partial charge in [-0.2, -0.15) is 5.10 Å². The lowest BCUT2D eigenvalue weighted by Gasteiger charge is -2.27. The Balaban J connectivity index is 1.41. The molecule has 0 radical (unpaired) electrons. The van der Waals surface area contributed by atoms with E-state index in [1.165, 1.54) is 17.7 Å². The molecule has 1 N–H and O–H groups in total.